The zero-order valence-electron chi connectivity index (χ0n) is 14.8. The molecule has 1 aliphatic heterocycles. The second-order valence-electron chi connectivity index (χ2n) is 6.32. The van der Waals surface area contributed by atoms with Gasteiger partial charge in [-0.05, 0) is 26.8 Å². The maximum atomic E-state index is 13.0. The maximum Gasteiger partial charge on any atom is 0.256 e. The summed E-state index contributed by atoms with van der Waals surface area (Å²) in [6, 6.07) is 1.39. The van der Waals surface area contributed by atoms with Gasteiger partial charge in [0, 0.05) is 26.3 Å². The van der Waals surface area contributed by atoms with E-state index in [9.17, 15) is 4.79 Å². The largest absolute Gasteiger partial charge is 0.489 e. The van der Waals surface area contributed by atoms with E-state index >= 15 is 0 Å². The standard InChI is InChI=1S/C17H22N4O4/c1-10(2)24-13-5-12(7-18-8-13)17(22)21-9-14(23-4)6-15(21)16-19-11(3)20-25-16/h5,7-8,10,14-15H,6,9H2,1-4H3/t14-,15+/m0/s1. The highest BCUT2D eigenvalue weighted by atomic mass is 16.5. The lowest BCUT2D eigenvalue weighted by Gasteiger charge is -2.22. The lowest BCUT2D eigenvalue weighted by atomic mass is 10.2. The quantitative estimate of drug-likeness (QED) is 0.819. The Morgan fingerprint density at radius 3 is 2.84 bits per heavy atom. The van der Waals surface area contributed by atoms with Crippen LogP contribution in [0.5, 0.6) is 5.75 Å². The molecule has 1 fully saturated rings. The number of likely N-dealkylation sites (tertiary alicyclic amines) is 1. The van der Waals surface area contributed by atoms with Crippen molar-refractivity contribution in [2.75, 3.05) is 13.7 Å². The van der Waals surface area contributed by atoms with Crippen LogP contribution in [0.3, 0.4) is 0 Å². The molecule has 1 amide bonds. The van der Waals surface area contributed by atoms with Gasteiger partial charge in [0.1, 0.15) is 11.8 Å². The molecule has 0 spiro atoms. The van der Waals surface area contributed by atoms with Crippen molar-refractivity contribution >= 4 is 5.91 Å². The zero-order chi connectivity index (χ0) is 18.0. The molecule has 0 radical (unpaired) electrons. The van der Waals surface area contributed by atoms with Gasteiger partial charge in [-0.3, -0.25) is 9.78 Å². The molecule has 1 saturated heterocycles. The molecule has 25 heavy (non-hydrogen) atoms. The molecule has 0 unspecified atom stereocenters. The minimum Gasteiger partial charge on any atom is -0.489 e. The van der Waals surface area contributed by atoms with E-state index in [0.29, 0.717) is 36.0 Å². The predicted octanol–water partition coefficient (Wildman–Crippen LogP) is 2.16. The molecule has 3 heterocycles. The number of amides is 1. The molecule has 0 N–H and O–H groups in total. The van der Waals surface area contributed by atoms with Gasteiger partial charge < -0.3 is 18.9 Å². The summed E-state index contributed by atoms with van der Waals surface area (Å²) in [6.07, 6.45) is 3.66. The maximum absolute atomic E-state index is 13.0. The Hall–Kier alpha value is -2.48. The van der Waals surface area contributed by atoms with Crippen molar-refractivity contribution in [1.29, 1.82) is 0 Å². The molecule has 2 atom stereocenters. The number of rotatable bonds is 5. The van der Waals surface area contributed by atoms with Gasteiger partial charge >= 0.3 is 0 Å². The number of ether oxygens (including phenoxy) is 2. The van der Waals surface area contributed by atoms with Gasteiger partial charge in [-0.25, -0.2) is 0 Å². The molecule has 1 aliphatic rings. The highest BCUT2D eigenvalue weighted by molar-refractivity contribution is 5.94. The molecular formula is C17H22N4O4. The number of methoxy groups -OCH3 is 1. The third-order valence-corrected chi connectivity index (χ3v) is 4.02. The third kappa shape index (κ3) is 3.79. The summed E-state index contributed by atoms with van der Waals surface area (Å²) in [5.74, 6) is 1.36. The molecule has 0 aromatic carbocycles. The third-order valence-electron chi connectivity index (χ3n) is 4.02. The molecule has 0 saturated carbocycles. The van der Waals surface area contributed by atoms with Crippen molar-refractivity contribution in [2.24, 2.45) is 0 Å². The number of aromatic nitrogens is 3. The molecular weight excluding hydrogens is 324 g/mol. The van der Waals surface area contributed by atoms with Crippen LogP contribution >= 0.6 is 0 Å². The Balaban J connectivity index is 1.86. The highest BCUT2D eigenvalue weighted by Crippen LogP contribution is 2.33. The second kappa shape index (κ2) is 7.18. The lowest BCUT2D eigenvalue weighted by Crippen LogP contribution is -2.32. The number of hydrogen-bond acceptors (Lipinski definition) is 7. The summed E-state index contributed by atoms with van der Waals surface area (Å²) in [4.78, 5) is 23.1. The van der Waals surface area contributed by atoms with Crippen LogP contribution in [-0.2, 0) is 4.74 Å². The normalized spacial score (nSPS) is 20.3. The zero-order valence-corrected chi connectivity index (χ0v) is 14.8. The summed E-state index contributed by atoms with van der Waals surface area (Å²) in [5.41, 5.74) is 0.455. The smallest absolute Gasteiger partial charge is 0.256 e. The fraction of sp³-hybridized carbons (Fsp3) is 0.529. The fourth-order valence-electron chi connectivity index (χ4n) is 2.91. The number of carbonyl (C=O) groups is 1. The van der Waals surface area contributed by atoms with Crippen molar-refractivity contribution in [3.8, 4) is 5.75 Å². The van der Waals surface area contributed by atoms with Crippen molar-refractivity contribution < 1.29 is 18.8 Å². The van der Waals surface area contributed by atoms with Gasteiger partial charge in [-0.1, -0.05) is 5.16 Å². The van der Waals surface area contributed by atoms with Crippen molar-refractivity contribution in [3.05, 3.63) is 35.7 Å². The fourth-order valence-corrected chi connectivity index (χ4v) is 2.91. The SMILES string of the molecule is CO[C@H]1C[C@H](c2nc(C)no2)N(C(=O)c2cncc(OC(C)C)c2)C1. The number of hydrogen-bond donors (Lipinski definition) is 0. The van der Waals surface area contributed by atoms with Crippen LogP contribution in [-0.4, -0.2) is 51.8 Å². The van der Waals surface area contributed by atoms with Crippen LogP contribution < -0.4 is 4.74 Å². The number of aryl methyl sites for hydroxylation is 1. The monoisotopic (exact) mass is 346 g/mol. The van der Waals surface area contributed by atoms with Crippen LogP contribution in [0.15, 0.2) is 23.0 Å². The molecule has 0 aliphatic carbocycles. The van der Waals surface area contributed by atoms with Crippen LogP contribution in [0.4, 0.5) is 0 Å². The molecule has 2 aromatic rings. The Morgan fingerprint density at radius 1 is 1.40 bits per heavy atom. The topological polar surface area (TPSA) is 90.6 Å². The Kier molecular flexibility index (Phi) is 4.98. The first-order chi connectivity index (χ1) is 12.0. The molecule has 2 aromatic heterocycles. The van der Waals surface area contributed by atoms with Gasteiger partial charge in [-0.15, -0.1) is 0 Å². The number of pyridine rings is 1. The average Bonchev–Trinajstić information content (AvgIpc) is 3.19. The van der Waals surface area contributed by atoms with E-state index < -0.39 is 0 Å². The predicted molar refractivity (Wildman–Crippen MR) is 88.2 cm³/mol. The van der Waals surface area contributed by atoms with Gasteiger partial charge in [0.05, 0.1) is 24.0 Å². The second-order valence-corrected chi connectivity index (χ2v) is 6.32. The Bertz CT molecular complexity index is 746. The molecule has 134 valence electrons. The number of carbonyl (C=O) groups excluding carboxylic acids is 1. The molecule has 0 bridgehead atoms. The van der Waals surface area contributed by atoms with Gasteiger partial charge in [-0.2, -0.15) is 4.98 Å². The molecule has 8 nitrogen and oxygen atoms in total. The summed E-state index contributed by atoms with van der Waals surface area (Å²) in [7, 11) is 1.63. The Morgan fingerprint density at radius 2 is 2.20 bits per heavy atom. The van der Waals surface area contributed by atoms with Crippen LogP contribution in [0.2, 0.25) is 0 Å². The minimum absolute atomic E-state index is 0.00549. The van der Waals surface area contributed by atoms with E-state index in [4.69, 9.17) is 14.0 Å². The van der Waals surface area contributed by atoms with Crippen molar-refractivity contribution in [2.45, 2.75) is 45.4 Å². The summed E-state index contributed by atoms with van der Waals surface area (Å²) < 4.78 is 16.3. The van der Waals surface area contributed by atoms with Gasteiger partial charge in [0.2, 0.25) is 5.89 Å². The first-order valence-electron chi connectivity index (χ1n) is 8.23. The lowest BCUT2D eigenvalue weighted by molar-refractivity contribution is 0.0669. The summed E-state index contributed by atoms with van der Waals surface area (Å²) in [6.45, 7) is 6.05. The summed E-state index contributed by atoms with van der Waals surface area (Å²) >= 11 is 0. The van der Waals surface area contributed by atoms with Crippen LogP contribution in [0.1, 0.15) is 48.4 Å². The van der Waals surface area contributed by atoms with Crippen molar-refractivity contribution in [1.82, 2.24) is 20.0 Å². The van der Waals surface area contributed by atoms with Gasteiger partial charge in [0.15, 0.2) is 5.82 Å². The average molecular weight is 346 g/mol. The van der Waals surface area contributed by atoms with E-state index in [1.165, 1.54) is 6.20 Å². The number of nitrogens with zero attached hydrogens (tertiary/aromatic N) is 4. The first kappa shape index (κ1) is 17.3. The van der Waals surface area contributed by atoms with Crippen LogP contribution in [0, 0.1) is 6.92 Å². The van der Waals surface area contributed by atoms with E-state index in [0.717, 1.165) is 0 Å². The van der Waals surface area contributed by atoms with Crippen molar-refractivity contribution in [3.63, 3.8) is 0 Å². The first-order valence-corrected chi connectivity index (χ1v) is 8.23. The minimum atomic E-state index is -0.312. The molecule has 3 rings (SSSR count). The molecule has 8 heteroatoms. The van der Waals surface area contributed by atoms with Crippen LogP contribution in [0.25, 0.3) is 0 Å². The summed E-state index contributed by atoms with van der Waals surface area (Å²) in [5, 5.41) is 3.83. The van der Waals surface area contributed by atoms with E-state index in [-0.39, 0.29) is 24.2 Å². The Labute approximate surface area is 146 Å². The van der Waals surface area contributed by atoms with E-state index in [1.54, 1.807) is 31.2 Å². The highest BCUT2D eigenvalue weighted by Gasteiger charge is 2.40. The van der Waals surface area contributed by atoms with Gasteiger partial charge in [0.25, 0.3) is 5.91 Å². The van der Waals surface area contributed by atoms with E-state index in [1.807, 2.05) is 13.8 Å². The van der Waals surface area contributed by atoms with E-state index in [2.05, 4.69) is 15.1 Å².